The molecular formula is C12H16ClNO2. The molecule has 0 bridgehead atoms. The molecule has 0 saturated heterocycles. The van der Waals surface area contributed by atoms with Crippen LogP contribution in [0.25, 0.3) is 11.0 Å². The van der Waals surface area contributed by atoms with Crippen molar-refractivity contribution >= 4 is 23.4 Å². The van der Waals surface area contributed by atoms with Gasteiger partial charge in [0.1, 0.15) is 0 Å². The van der Waals surface area contributed by atoms with Crippen LogP contribution in [0.1, 0.15) is 12.5 Å². The maximum atomic E-state index is 5.77. The standard InChI is InChI=1S/C12H15NO2.ClH/c1-8(13)5-9-6-10-3-4-15-12(10)11(7-9)14-2;/h3-4,6-8H,5,13H2,1-2H3;1H. The molecule has 0 radical (unpaired) electrons. The van der Waals surface area contributed by atoms with Gasteiger partial charge >= 0.3 is 0 Å². The second kappa shape index (κ2) is 5.23. The summed E-state index contributed by atoms with van der Waals surface area (Å²) < 4.78 is 10.6. The summed E-state index contributed by atoms with van der Waals surface area (Å²) in [6.07, 6.45) is 2.51. The molecule has 0 fully saturated rings. The van der Waals surface area contributed by atoms with E-state index in [1.54, 1.807) is 13.4 Å². The van der Waals surface area contributed by atoms with Gasteiger partial charge in [-0.15, -0.1) is 12.4 Å². The second-order valence-corrected chi connectivity index (χ2v) is 3.82. The van der Waals surface area contributed by atoms with Gasteiger partial charge in [-0.25, -0.2) is 0 Å². The lowest BCUT2D eigenvalue weighted by molar-refractivity contribution is 0.409. The van der Waals surface area contributed by atoms with Crippen LogP contribution in [0.3, 0.4) is 0 Å². The van der Waals surface area contributed by atoms with E-state index in [0.29, 0.717) is 0 Å². The quantitative estimate of drug-likeness (QED) is 0.899. The molecule has 0 aliphatic carbocycles. The molecule has 0 saturated carbocycles. The van der Waals surface area contributed by atoms with E-state index in [9.17, 15) is 0 Å². The number of benzene rings is 1. The maximum Gasteiger partial charge on any atom is 0.175 e. The van der Waals surface area contributed by atoms with E-state index in [0.717, 1.165) is 23.1 Å². The molecule has 2 N–H and O–H groups in total. The zero-order chi connectivity index (χ0) is 10.8. The number of ether oxygens (including phenoxy) is 1. The molecule has 1 aromatic carbocycles. The molecular weight excluding hydrogens is 226 g/mol. The van der Waals surface area contributed by atoms with E-state index in [-0.39, 0.29) is 18.4 Å². The van der Waals surface area contributed by atoms with Gasteiger partial charge in [-0.1, -0.05) is 0 Å². The second-order valence-electron chi connectivity index (χ2n) is 3.82. The van der Waals surface area contributed by atoms with Gasteiger partial charge in [0.05, 0.1) is 13.4 Å². The summed E-state index contributed by atoms with van der Waals surface area (Å²) in [7, 11) is 1.65. The fourth-order valence-electron chi connectivity index (χ4n) is 1.75. The van der Waals surface area contributed by atoms with E-state index < -0.39 is 0 Å². The van der Waals surface area contributed by atoms with Crippen LogP contribution < -0.4 is 10.5 Å². The van der Waals surface area contributed by atoms with Crippen LogP contribution in [0.4, 0.5) is 0 Å². The lowest BCUT2D eigenvalue weighted by Gasteiger charge is -2.07. The molecule has 0 amide bonds. The zero-order valence-corrected chi connectivity index (χ0v) is 10.2. The van der Waals surface area contributed by atoms with E-state index >= 15 is 0 Å². The molecule has 0 spiro atoms. The SMILES string of the molecule is COc1cc(CC(C)N)cc2ccoc12.Cl. The Bertz CT molecular complexity index is 465. The van der Waals surface area contributed by atoms with Crippen molar-refractivity contribution < 1.29 is 9.15 Å². The van der Waals surface area contributed by atoms with Crippen molar-refractivity contribution in [1.82, 2.24) is 0 Å². The van der Waals surface area contributed by atoms with Crippen molar-refractivity contribution in [3.63, 3.8) is 0 Å². The van der Waals surface area contributed by atoms with Crippen LogP contribution in [0.5, 0.6) is 5.75 Å². The molecule has 1 aromatic heterocycles. The predicted octanol–water partition coefficient (Wildman–Crippen LogP) is 2.75. The molecule has 1 heterocycles. The van der Waals surface area contributed by atoms with Gasteiger partial charge in [0.25, 0.3) is 0 Å². The zero-order valence-electron chi connectivity index (χ0n) is 9.40. The van der Waals surface area contributed by atoms with Crippen LogP contribution in [0, 0.1) is 0 Å². The molecule has 2 rings (SSSR count). The van der Waals surface area contributed by atoms with Crippen molar-refractivity contribution in [2.24, 2.45) is 5.73 Å². The minimum Gasteiger partial charge on any atom is -0.493 e. The third-order valence-corrected chi connectivity index (χ3v) is 2.35. The van der Waals surface area contributed by atoms with Gasteiger partial charge in [-0.3, -0.25) is 0 Å². The van der Waals surface area contributed by atoms with Crippen LogP contribution in [0.2, 0.25) is 0 Å². The molecule has 0 aliphatic heterocycles. The van der Waals surface area contributed by atoms with Crippen LogP contribution in [-0.2, 0) is 6.42 Å². The highest BCUT2D eigenvalue weighted by Gasteiger charge is 2.08. The maximum absolute atomic E-state index is 5.77. The van der Waals surface area contributed by atoms with Crippen molar-refractivity contribution in [3.8, 4) is 5.75 Å². The number of hydrogen-bond acceptors (Lipinski definition) is 3. The van der Waals surface area contributed by atoms with Crippen LogP contribution in [-0.4, -0.2) is 13.2 Å². The summed E-state index contributed by atoms with van der Waals surface area (Å²) in [5.41, 5.74) is 7.74. The highest BCUT2D eigenvalue weighted by atomic mass is 35.5. The number of halogens is 1. The first-order valence-electron chi connectivity index (χ1n) is 5.00. The van der Waals surface area contributed by atoms with Crippen molar-refractivity contribution in [3.05, 3.63) is 30.0 Å². The summed E-state index contributed by atoms with van der Waals surface area (Å²) >= 11 is 0. The Labute approximate surface area is 101 Å². The van der Waals surface area contributed by atoms with E-state index in [1.807, 2.05) is 19.1 Å². The Balaban J connectivity index is 0.00000128. The fourth-order valence-corrected chi connectivity index (χ4v) is 1.75. The van der Waals surface area contributed by atoms with Gasteiger partial charge < -0.3 is 14.9 Å². The number of furan rings is 1. The van der Waals surface area contributed by atoms with Crippen LogP contribution in [0.15, 0.2) is 28.9 Å². The smallest absolute Gasteiger partial charge is 0.175 e. The summed E-state index contributed by atoms with van der Waals surface area (Å²) in [6.45, 7) is 1.99. The van der Waals surface area contributed by atoms with Gasteiger partial charge in [0.2, 0.25) is 0 Å². The number of nitrogens with two attached hydrogens (primary N) is 1. The number of rotatable bonds is 3. The first-order chi connectivity index (χ1) is 7.20. The average Bonchev–Trinajstić information content (AvgIpc) is 2.63. The van der Waals surface area contributed by atoms with Gasteiger partial charge in [0, 0.05) is 11.4 Å². The highest BCUT2D eigenvalue weighted by molar-refractivity contribution is 5.85. The molecule has 88 valence electrons. The summed E-state index contributed by atoms with van der Waals surface area (Å²) in [5.74, 6) is 0.771. The molecule has 4 heteroatoms. The Morgan fingerprint density at radius 2 is 2.19 bits per heavy atom. The number of methoxy groups -OCH3 is 1. The van der Waals surface area contributed by atoms with E-state index in [4.69, 9.17) is 14.9 Å². The minimum absolute atomic E-state index is 0. The lowest BCUT2D eigenvalue weighted by Crippen LogP contribution is -2.17. The Hall–Kier alpha value is -1.19. The van der Waals surface area contributed by atoms with Crippen molar-refractivity contribution in [2.75, 3.05) is 7.11 Å². The highest BCUT2D eigenvalue weighted by Crippen LogP contribution is 2.28. The summed E-state index contributed by atoms with van der Waals surface area (Å²) in [5, 5.41) is 1.06. The van der Waals surface area contributed by atoms with Crippen molar-refractivity contribution in [2.45, 2.75) is 19.4 Å². The third-order valence-electron chi connectivity index (χ3n) is 2.35. The summed E-state index contributed by atoms with van der Waals surface area (Å²) in [6, 6.07) is 6.15. The lowest BCUT2D eigenvalue weighted by atomic mass is 10.1. The normalized spacial score (nSPS) is 12.2. The fraction of sp³-hybridized carbons (Fsp3) is 0.333. The third kappa shape index (κ3) is 2.49. The van der Waals surface area contributed by atoms with Gasteiger partial charge in [0.15, 0.2) is 11.3 Å². The molecule has 3 nitrogen and oxygen atoms in total. The predicted molar refractivity (Wildman–Crippen MR) is 67.4 cm³/mol. The Morgan fingerprint density at radius 1 is 1.44 bits per heavy atom. The topological polar surface area (TPSA) is 48.4 Å². The Morgan fingerprint density at radius 3 is 2.81 bits per heavy atom. The minimum atomic E-state index is 0. The van der Waals surface area contributed by atoms with Crippen molar-refractivity contribution in [1.29, 1.82) is 0 Å². The summed E-state index contributed by atoms with van der Waals surface area (Å²) in [4.78, 5) is 0. The van der Waals surface area contributed by atoms with E-state index in [2.05, 4.69) is 6.07 Å². The molecule has 16 heavy (non-hydrogen) atoms. The Kier molecular flexibility index (Phi) is 4.21. The van der Waals surface area contributed by atoms with Crippen LogP contribution >= 0.6 is 12.4 Å². The largest absolute Gasteiger partial charge is 0.493 e. The monoisotopic (exact) mass is 241 g/mol. The van der Waals surface area contributed by atoms with Gasteiger partial charge in [-0.2, -0.15) is 0 Å². The first kappa shape index (κ1) is 12.9. The molecule has 0 aliphatic rings. The van der Waals surface area contributed by atoms with Gasteiger partial charge in [-0.05, 0) is 37.1 Å². The molecule has 1 atom stereocenters. The number of fused-ring (bicyclic) bond motifs is 1. The molecule has 2 aromatic rings. The molecule has 1 unspecified atom stereocenters. The average molecular weight is 242 g/mol. The first-order valence-corrected chi connectivity index (χ1v) is 5.00. The van der Waals surface area contributed by atoms with E-state index in [1.165, 1.54) is 5.56 Å². The number of hydrogen-bond donors (Lipinski definition) is 1.